The summed E-state index contributed by atoms with van der Waals surface area (Å²) in [4.78, 5) is 23.0. The summed E-state index contributed by atoms with van der Waals surface area (Å²) in [5.41, 5.74) is 0.735. The van der Waals surface area contributed by atoms with Crippen molar-refractivity contribution < 1.29 is 31.4 Å². The molecule has 0 aliphatic heterocycles. The van der Waals surface area contributed by atoms with Crippen molar-refractivity contribution in [2.45, 2.75) is 19.1 Å². The predicted molar refractivity (Wildman–Crippen MR) is 75.1 cm³/mol. The van der Waals surface area contributed by atoms with Gasteiger partial charge in [-0.3, -0.25) is 0 Å². The lowest BCUT2D eigenvalue weighted by atomic mass is 10.2. The first kappa shape index (κ1) is 17.9. The Morgan fingerprint density at radius 1 is 1.27 bits per heavy atom. The molecular formula is C13H16FNO6S. The van der Waals surface area contributed by atoms with Gasteiger partial charge in [0.25, 0.3) is 0 Å². The molecule has 0 heterocycles. The van der Waals surface area contributed by atoms with E-state index in [1.165, 1.54) is 0 Å². The molecule has 0 unspecified atom stereocenters. The minimum atomic E-state index is -4.75. The van der Waals surface area contributed by atoms with Gasteiger partial charge in [-0.05, 0) is 12.0 Å². The molecule has 1 N–H and O–H groups in total. The lowest BCUT2D eigenvalue weighted by Crippen LogP contribution is -2.42. The second-order valence-electron chi connectivity index (χ2n) is 4.31. The summed E-state index contributed by atoms with van der Waals surface area (Å²) in [6.07, 6.45) is -1.39. The highest BCUT2D eigenvalue weighted by molar-refractivity contribution is 7.86. The predicted octanol–water partition coefficient (Wildman–Crippen LogP) is 1.14. The van der Waals surface area contributed by atoms with Crippen LogP contribution in [-0.2, 0) is 31.1 Å². The quantitative estimate of drug-likeness (QED) is 0.593. The Morgan fingerprint density at radius 2 is 1.91 bits per heavy atom. The van der Waals surface area contributed by atoms with Crippen molar-refractivity contribution in [1.82, 2.24) is 5.32 Å². The molecule has 9 heteroatoms. The average Bonchev–Trinajstić information content (AvgIpc) is 2.48. The van der Waals surface area contributed by atoms with Gasteiger partial charge in [0.15, 0.2) is 0 Å². The smallest absolute Gasteiger partial charge is 0.408 e. The molecule has 1 atom stereocenters. The van der Waals surface area contributed by atoms with Crippen LogP contribution in [0.25, 0.3) is 0 Å². The fourth-order valence-corrected chi connectivity index (χ4v) is 2.07. The summed E-state index contributed by atoms with van der Waals surface area (Å²) >= 11 is 0. The number of methoxy groups -OCH3 is 1. The SMILES string of the molecule is COC(=O)[C@@H](CCS(=O)(=O)F)NC(=O)OCc1ccccc1. The molecule has 0 spiro atoms. The van der Waals surface area contributed by atoms with Gasteiger partial charge in [-0.2, -0.15) is 8.42 Å². The van der Waals surface area contributed by atoms with Crippen LogP contribution in [0, 0.1) is 0 Å². The van der Waals surface area contributed by atoms with Crippen molar-refractivity contribution in [2.75, 3.05) is 12.9 Å². The lowest BCUT2D eigenvalue weighted by Gasteiger charge is -2.15. The number of benzene rings is 1. The highest BCUT2D eigenvalue weighted by atomic mass is 32.3. The van der Waals surface area contributed by atoms with Crippen molar-refractivity contribution in [3.05, 3.63) is 35.9 Å². The fourth-order valence-electron chi connectivity index (χ4n) is 1.56. The number of alkyl carbamates (subject to hydrolysis) is 1. The normalized spacial score (nSPS) is 12.3. The molecule has 22 heavy (non-hydrogen) atoms. The third kappa shape index (κ3) is 7.02. The number of amides is 1. The number of esters is 1. The van der Waals surface area contributed by atoms with Crippen LogP contribution in [0.15, 0.2) is 30.3 Å². The van der Waals surface area contributed by atoms with Crippen molar-refractivity contribution in [2.24, 2.45) is 0 Å². The topological polar surface area (TPSA) is 98.8 Å². The Bertz CT molecular complexity index is 604. The Labute approximate surface area is 127 Å². The molecule has 0 saturated carbocycles. The fraction of sp³-hybridized carbons (Fsp3) is 0.385. The van der Waals surface area contributed by atoms with Gasteiger partial charge in [0.2, 0.25) is 0 Å². The van der Waals surface area contributed by atoms with Gasteiger partial charge in [-0.25, -0.2) is 9.59 Å². The van der Waals surface area contributed by atoms with E-state index in [-0.39, 0.29) is 6.61 Å². The Morgan fingerprint density at radius 3 is 2.45 bits per heavy atom. The summed E-state index contributed by atoms with van der Waals surface area (Å²) < 4.78 is 42.8. The van der Waals surface area contributed by atoms with E-state index in [1.54, 1.807) is 30.3 Å². The molecule has 0 saturated heterocycles. The van der Waals surface area contributed by atoms with Crippen LogP contribution < -0.4 is 5.32 Å². The molecule has 0 aliphatic carbocycles. The van der Waals surface area contributed by atoms with Crippen molar-refractivity contribution in [3.63, 3.8) is 0 Å². The molecule has 122 valence electrons. The van der Waals surface area contributed by atoms with E-state index < -0.39 is 40.5 Å². The van der Waals surface area contributed by atoms with Crippen LogP contribution in [0.5, 0.6) is 0 Å². The maximum atomic E-state index is 12.5. The molecular weight excluding hydrogens is 317 g/mol. The van der Waals surface area contributed by atoms with E-state index in [1.807, 2.05) is 0 Å². The van der Waals surface area contributed by atoms with Gasteiger partial charge >= 0.3 is 22.3 Å². The maximum Gasteiger partial charge on any atom is 0.408 e. The largest absolute Gasteiger partial charge is 0.467 e. The minimum absolute atomic E-state index is 0.0258. The molecule has 7 nitrogen and oxygen atoms in total. The summed E-state index contributed by atoms with van der Waals surface area (Å²) in [6, 6.07) is 7.49. The molecule has 0 bridgehead atoms. The number of halogens is 1. The third-order valence-electron chi connectivity index (χ3n) is 2.64. The first-order valence-corrected chi connectivity index (χ1v) is 7.84. The molecule has 0 fully saturated rings. The number of hydrogen-bond acceptors (Lipinski definition) is 6. The lowest BCUT2D eigenvalue weighted by molar-refractivity contribution is -0.143. The Balaban J connectivity index is 2.53. The van der Waals surface area contributed by atoms with Crippen LogP contribution in [0.2, 0.25) is 0 Å². The standard InChI is InChI=1S/C13H16FNO6S/c1-20-12(16)11(7-8-22(14,18)19)15-13(17)21-9-10-5-3-2-4-6-10/h2-6,11H,7-9H2,1H3,(H,15,17)/t11-/m1/s1. The number of nitrogens with one attached hydrogen (secondary N) is 1. The number of ether oxygens (including phenoxy) is 2. The van der Waals surface area contributed by atoms with Crippen molar-refractivity contribution in [1.29, 1.82) is 0 Å². The van der Waals surface area contributed by atoms with E-state index in [9.17, 15) is 21.9 Å². The van der Waals surface area contributed by atoms with E-state index in [0.29, 0.717) is 0 Å². The van der Waals surface area contributed by atoms with Gasteiger partial charge in [0.1, 0.15) is 12.6 Å². The molecule has 0 aromatic heterocycles. The summed E-state index contributed by atoms with van der Waals surface area (Å²) in [7, 11) is -3.69. The number of hydrogen-bond donors (Lipinski definition) is 1. The highest BCUT2D eigenvalue weighted by Gasteiger charge is 2.24. The highest BCUT2D eigenvalue weighted by Crippen LogP contribution is 2.04. The van der Waals surface area contributed by atoms with Crippen LogP contribution in [0.3, 0.4) is 0 Å². The molecule has 1 aromatic rings. The van der Waals surface area contributed by atoms with Gasteiger partial charge in [-0.15, -0.1) is 3.89 Å². The van der Waals surface area contributed by atoms with Crippen molar-refractivity contribution in [3.8, 4) is 0 Å². The summed E-state index contributed by atoms with van der Waals surface area (Å²) in [5.74, 6) is -1.80. The van der Waals surface area contributed by atoms with E-state index in [2.05, 4.69) is 10.1 Å². The monoisotopic (exact) mass is 333 g/mol. The second-order valence-corrected chi connectivity index (χ2v) is 5.80. The molecule has 1 aromatic carbocycles. The molecule has 1 amide bonds. The van der Waals surface area contributed by atoms with Gasteiger partial charge in [-0.1, -0.05) is 30.3 Å². The number of carbonyl (C=O) groups excluding carboxylic acids is 2. The van der Waals surface area contributed by atoms with Gasteiger partial charge in [0, 0.05) is 0 Å². The molecule has 1 rings (SSSR count). The number of carbonyl (C=O) groups is 2. The van der Waals surface area contributed by atoms with Gasteiger partial charge < -0.3 is 14.8 Å². The van der Waals surface area contributed by atoms with E-state index >= 15 is 0 Å². The van der Waals surface area contributed by atoms with Crippen LogP contribution in [-0.4, -0.2) is 39.4 Å². The Kier molecular flexibility index (Phi) is 6.77. The molecule has 0 aliphatic rings. The Hall–Kier alpha value is -2.16. The third-order valence-corrected chi connectivity index (χ3v) is 3.36. The first-order chi connectivity index (χ1) is 10.3. The second kappa shape index (κ2) is 8.32. The van der Waals surface area contributed by atoms with Crippen LogP contribution in [0.1, 0.15) is 12.0 Å². The van der Waals surface area contributed by atoms with E-state index in [4.69, 9.17) is 4.74 Å². The van der Waals surface area contributed by atoms with Crippen molar-refractivity contribution >= 4 is 22.3 Å². The summed E-state index contributed by atoms with van der Waals surface area (Å²) in [6.45, 7) is -0.0258. The average molecular weight is 333 g/mol. The van der Waals surface area contributed by atoms with Crippen LogP contribution in [0.4, 0.5) is 8.68 Å². The first-order valence-electron chi connectivity index (χ1n) is 6.29. The minimum Gasteiger partial charge on any atom is -0.467 e. The molecule has 0 radical (unpaired) electrons. The van der Waals surface area contributed by atoms with Gasteiger partial charge in [0.05, 0.1) is 12.9 Å². The maximum absolute atomic E-state index is 12.5. The number of rotatable bonds is 7. The van der Waals surface area contributed by atoms with E-state index in [0.717, 1.165) is 12.7 Å². The zero-order valence-electron chi connectivity index (χ0n) is 11.8. The van der Waals surface area contributed by atoms with Crippen LogP contribution >= 0.6 is 0 Å². The summed E-state index contributed by atoms with van der Waals surface area (Å²) in [5, 5.41) is 2.14. The zero-order chi connectivity index (χ0) is 16.6. The zero-order valence-corrected chi connectivity index (χ0v) is 12.6.